The number of aromatic nitrogens is 4. The molecule has 3 rings (SSSR count). The minimum absolute atomic E-state index is 0.00647. The summed E-state index contributed by atoms with van der Waals surface area (Å²) in [7, 11) is 1.34. The second kappa shape index (κ2) is 5.01. The van der Waals surface area contributed by atoms with Gasteiger partial charge < -0.3 is 4.74 Å². The molecular weight excluding hydrogens is 276 g/mol. The van der Waals surface area contributed by atoms with Gasteiger partial charge >= 0.3 is 5.97 Å². The van der Waals surface area contributed by atoms with Gasteiger partial charge in [-0.1, -0.05) is 18.2 Å². The van der Waals surface area contributed by atoms with Gasteiger partial charge in [0.2, 0.25) is 0 Å². The van der Waals surface area contributed by atoms with Crippen LogP contribution in [0.3, 0.4) is 0 Å². The normalized spacial score (nSPS) is 10.9. The van der Waals surface area contributed by atoms with E-state index < -0.39 is 0 Å². The summed E-state index contributed by atoms with van der Waals surface area (Å²) >= 11 is 1.62. The van der Waals surface area contributed by atoms with Crippen LogP contribution in [0.15, 0.2) is 24.3 Å². The Balaban J connectivity index is 2.10. The van der Waals surface area contributed by atoms with Crippen molar-refractivity contribution in [3.8, 4) is 10.7 Å². The maximum Gasteiger partial charge on any atom is 0.327 e. The predicted molar refractivity (Wildman–Crippen MR) is 75.4 cm³/mol. The fraction of sp³-hybridized carbons (Fsp3) is 0.231. The first-order chi connectivity index (χ1) is 9.70. The van der Waals surface area contributed by atoms with Crippen molar-refractivity contribution in [1.29, 1.82) is 0 Å². The Hall–Kier alpha value is -2.28. The van der Waals surface area contributed by atoms with Crippen molar-refractivity contribution in [3.05, 3.63) is 29.8 Å². The monoisotopic (exact) mass is 288 g/mol. The second-order valence-electron chi connectivity index (χ2n) is 4.29. The number of ether oxygens (including phenoxy) is 1. The van der Waals surface area contributed by atoms with Crippen LogP contribution in [-0.4, -0.2) is 33.3 Å². The SMILES string of the molecule is COC(=O)Cn1nnnc1-c1sc2ccccc2c1C. The maximum atomic E-state index is 11.4. The molecule has 0 atom stereocenters. The van der Waals surface area contributed by atoms with Crippen molar-refractivity contribution in [1.82, 2.24) is 20.2 Å². The van der Waals surface area contributed by atoms with Crippen LogP contribution < -0.4 is 0 Å². The third-order valence-corrected chi connectivity index (χ3v) is 4.35. The summed E-state index contributed by atoms with van der Waals surface area (Å²) < 4.78 is 7.29. The van der Waals surface area contributed by atoms with E-state index in [1.165, 1.54) is 21.9 Å². The molecule has 0 aliphatic rings. The topological polar surface area (TPSA) is 69.9 Å². The van der Waals surface area contributed by atoms with Gasteiger partial charge in [0.25, 0.3) is 0 Å². The van der Waals surface area contributed by atoms with E-state index in [-0.39, 0.29) is 12.5 Å². The van der Waals surface area contributed by atoms with Crippen LogP contribution in [0.25, 0.3) is 20.8 Å². The molecular formula is C13H12N4O2S. The zero-order chi connectivity index (χ0) is 14.1. The van der Waals surface area contributed by atoms with Crippen LogP contribution in [0.4, 0.5) is 0 Å². The molecule has 0 radical (unpaired) electrons. The number of methoxy groups -OCH3 is 1. The van der Waals surface area contributed by atoms with Crippen LogP contribution in [0.5, 0.6) is 0 Å². The van der Waals surface area contributed by atoms with E-state index in [9.17, 15) is 4.79 Å². The van der Waals surface area contributed by atoms with E-state index in [4.69, 9.17) is 0 Å². The van der Waals surface area contributed by atoms with Crippen molar-refractivity contribution < 1.29 is 9.53 Å². The van der Waals surface area contributed by atoms with Crippen molar-refractivity contribution >= 4 is 27.4 Å². The number of hydrogen-bond acceptors (Lipinski definition) is 6. The number of fused-ring (bicyclic) bond motifs is 1. The minimum atomic E-state index is -0.377. The number of tetrazole rings is 1. The van der Waals surface area contributed by atoms with Crippen LogP contribution in [0, 0.1) is 6.92 Å². The second-order valence-corrected chi connectivity index (χ2v) is 5.34. The van der Waals surface area contributed by atoms with Gasteiger partial charge in [-0.15, -0.1) is 16.4 Å². The van der Waals surface area contributed by atoms with Crippen LogP contribution in [0.2, 0.25) is 0 Å². The third-order valence-electron chi connectivity index (χ3n) is 3.09. The summed E-state index contributed by atoms with van der Waals surface area (Å²) in [5, 5.41) is 12.7. The molecule has 0 unspecified atom stereocenters. The average Bonchev–Trinajstić information content (AvgIpc) is 3.04. The Morgan fingerprint density at radius 2 is 2.20 bits per heavy atom. The molecule has 0 saturated heterocycles. The summed E-state index contributed by atoms with van der Waals surface area (Å²) in [6.07, 6.45) is 0. The summed E-state index contributed by atoms with van der Waals surface area (Å²) in [4.78, 5) is 12.4. The highest BCUT2D eigenvalue weighted by Crippen LogP contribution is 2.36. The highest BCUT2D eigenvalue weighted by Gasteiger charge is 2.18. The van der Waals surface area contributed by atoms with E-state index >= 15 is 0 Å². The van der Waals surface area contributed by atoms with Gasteiger partial charge in [0.15, 0.2) is 5.82 Å². The Labute approximate surface area is 119 Å². The quantitative estimate of drug-likeness (QED) is 0.690. The first-order valence-electron chi connectivity index (χ1n) is 6.02. The Morgan fingerprint density at radius 3 is 2.95 bits per heavy atom. The number of hydrogen-bond donors (Lipinski definition) is 0. The van der Waals surface area contributed by atoms with E-state index in [0.717, 1.165) is 10.4 Å². The number of carbonyl (C=O) groups excluding carboxylic acids is 1. The number of benzene rings is 1. The van der Waals surface area contributed by atoms with Gasteiger partial charge in [0.05, 0.1) is 12.0 Å². The van der Waals surface area contributed by atoms with Crippen molar-refractivity contribution in [2.75, 3.05) is 7.11 Å². The first kappa shape index (κ1) is 12.7. The van der Waals surface area contributed by atoms with E-state index in [0.29, 0.717) is 5.82 Å². The zero-order valence-corrected chi connectivity index (χ0v) is 11.8. The number of nitrogens with zero attached hydrogens (tertiary/aromatic N) is 4. The predicted octanol–water partition coefficient (Wildman–Crippen LogP) is 2.04. The number of carbonyl (C=O) groups is 1. The number of rotatable bonds is 3. The maximum absolute atomic E-state index is 11.4. The largest absolute Gasteiger partial charge is 0.468 e. The van der Waals surface area contributed by atoms with Crippen LogP contribution >= 0.6 is 11.3 Å². The zero-order valence-electron chi connectivity index (χ0n) is 11.0. The van der Waals surface area contributed by atoms with Crippen molar-refractivity contribution in [2.45, 2.75) is 13.5 Å². The van der Waals surface area contributed by atoms with Gasteiger partial charge in [-0.05, 0) is 34.4 Å². The number of aryl methyl sites for hydroxylation is 1. The van der Waals surface area contributed by atoms with Crippen LogP contribution in [0.1, 0.15) is 5.56 Å². The molecule has 0 amide bonds. The van der Waals surface area contributed by atoms with Crippen LogP contribution in [-0.2, 0) is 16.1 Å². The Kier molecular flexibility index (Phi) is 3.19. The van der Waals surface area contributed by atoms with Gasteiger partial charge in [0.1, 0.15) is 6.54 Å². The van der Waals surface area contributed by atoms with Gasteiger partial charge in [-0.3, -0.25) is 4.79 Å². The fourth-order valence-electron chi connectivity index (χ4n) is 2.05. The van der Waals surface area contributed by atoms with E-state index in [1.807, 2.05) is 19.1 Å². The molecule has 7 heteroatoms. The number of thiophene rings is 1. The summed E-state index contributed by atoms with van der Waals surface area (Å²) in [5.41, 5.74) is 1.12. The lowest BCUT2D eigenvalue weighted by molar-refractivity contribution is -0.141. The fourth-order valence-corrected chi connectivity index (χ4v) is 3.25. The highest BCUT2D eigenvalue weighted by molar-refractivity contribution is 7.22. The lowest BCUT2D eigenvalue weighted by Crippen LogP contribution is -2.13. The molecule has 102 valence electrons. The van der Waals surface area contributed by atoms with Gasteiger partial charge in [-0.25, -0.2) is 4.68 Å². The lowest BCUT2D eigenvalue weighted by Gasteiger charge is -2.02. The molecule has 0 saturated carbocycles. The third kappa shape index (κ3) is 2.05. The molecule has 2 heterocycles. The smallest absolute Gasteiger partial charge is 0.327 e. The molecule has 1 aromatic carbocycles. The molecule has 0 fully saturated rings. The summed E-state index contributed by atoms with van der Waals surface area (Å²) in [5.74, 6) is 0.214. The van der Waals surface area contributed by atoms with E-state index in [1.54, 1.807) is 11.3 Å². The Morgan fingerprint density at radius 1 is 1.40 bits per heavy atom. The molecule has 0 aliphatic carbocycles. The molecule has 0 bridgehead atoms. The van der Waals surface area contributed by atoms with Gasteiger partial charge in [-0.2, -0.15) is 0 Å². The molecule has 0 N–H and O–H groups in total. The van der Waals surface area contributed by atoms with E-state index in [2.05, 4.69) is 32.4 Å². The first-order valence-corrected chi connectivity index (χ1v) is 6.84. The summed E-state index contributed by atoms with van der Waals surface area (Å²) in [6.45, 7) is 2.04. The standard InChI is InChI=1S/C13H12N4O2S/c1-8-9-5-3-4-6-10(9)20-12(8)13-14-15-16-17(13)7-11(18)19-2/h3-6H,7H2,1-2H3. The lowest BCUT2D eigenvalue weighted by atomic mass is 10.1. The molecule has 3 aromatic rings. The molecule has 6 nitrogen and oxygen atoms in total. The molecule has 2 aromatic heterocycles. The minimum Gasteiger partial charge on any atom is -0.468 e. The molecule has 0 aliphatic heterocycles. The number of esters is 1. The van der Waals surface area contributed by atoms with Crippen molar-refractivity contribution in [2.24, 2.45) is 0 Å². The summed E-state index contributed by atoms with van der Waals surface area (Å²) in [6, 6.07) is 8.13. The van der Waals surface area contributed by atoms with Crippen molar-refractivity contribution in [3.63, 3.8) is 0 Å². The Bertz CT molecular complexity index is 778. The molecule has 20 heavy (non-hydrogen) atoms. The molecule has 0 spiro atoms. The average molecular weight is 288 g/mol. The highest BCUT2D eigenvalue weighted by atomic mass is 32.1. The van der Waals surface area contributed by atoms with Gasteiger partial charge in [0, 0.05) is 4.70 Å².